The zero-order valence-electron chi connectivity index (χ0n) is 17.5. The van der Waals surface area contributed by atoms with Crippen molar-refractivity contribution in [1.29, 1.82) is 0 Å². The molecule has 3 aromatic carbocycles. The highest BCUT2D eigenvalue weighted by molar-refractivity contribution is 9.10. The maximum atomic E-state index is 13.2. The van der Waals surface area contributed by atoms with Crippen molar-refractivity contribution in [3.63, 3.8) is 0 Å². The number of rotatable bonds is 6. The number of aromatic nitrogens is 2. The molecule has 1 N–H and O–H groups in total. The number of fused-ring (bicyclic) bond motifs is 1. The predicted octanol–water partition coefficient (Wildman–Crippen LogP) is 5.43. The summed E-state index contributed by atoms with van der Waals surface area (Å²) in [7, 11) is 0. The number of thioether (sulfide) groups is 1. The van der Waals surface area contributed by atoms with Crippen LogP contribution in [0.25, 0.3) is 16.6 Å². The maximum absolute atomic E-state index is 13.2. The number of hydrogen-bond donors (Lipinski definition) is 1. The van der Waals surface area contributed by atoms with Gasteiger partial charge < -0.3 is 0 Å². The van der Waals surface area contributed by atoms with E-state index in [4.69, 9.17) is 11.6 Å². The molecule has 0 atom stereocenters. The van der Waals surface area contributed by atoms with Gasteiger partial charge in [0, 0.05) is 9.50 Å². The molecule has 0 aliphatic rings. The largest absolute Gasteiger partial charge is 0.272 e. The van der Waals surface area contributed by atoms with Crippen LogP contribution in [0.2, 0.25) is 5.02 Å². The zero-order chi connectivity index (χ0) is 23.4. The smallest absolute Gasteiger partial charge is 0.266 e. The van der Waals surface area contributed by atoms with Gasteiger partial charge in [0.2, 0.25) is 0 Å². The van der Waals surface area contributed by atoms with Crippen molar-refractivity contribution in [2.45, 2.75) is 12.1 Å². The molecule has 0 unspecified atom stereocenters. The van der Waals surface area contributed by atoms with Crippen molar-refractivity contribution < 1.29 is 4.79 Å². The highest BCUT2D eigenvalue weighted by atomic mass is 79.9. The summed E-state index contributed by atoms with van der Waals surface area (Å²) in [4.78, 5) is 30.3. The van der Waals surface area contributed by atoms with Gasteiger partial charge in [0.15, 0.2) is 5.16 Å². The highest BCUT2D eigenvalue weighted by Gasteiger charge is 2.15. The first-order valence-corrected chi connectivity index (χ1v) is 12.1. The zero-order valence-corrected chi connectivity index (χ0v) is 20.6. The molecule has 1 amide bonds. The third-order valence-electron chi connectivity index (χ3n) is 4.75. The summed E-state index contributed by atoms with van der Waals surface area (Å²) in [5.41, 5.74) is 5.11. The molecule has 0 fully saturated rings. The van der Waals surface area contributed by atoms with Gasteiger partial charge in [0.05, 0.1) is 28.1 Å². The highest BCUT2D eigenvalue weighted by Crippen LogP contribution is 2.22. The number of amides is 1. The van der Waals surface area contributed by atoms with Crippen LogP contribution in [0, 0.1) is 0 Å². The number of hydrogen-bond acceptors (Lipinski definition) is 5. The summed E-state index contributed by atoms with van der Waals surface area (Å²) >= 11 is 10.6. The van der Waals surface area contributed by atoms with E-state index < -0.39 is 0 Å². The Bertz CT molecular complexity index is 1420. The number of nitrogens with one attached hydrogen (secondary N) is 1. The molecule has 166 valence electrons. The Morgan fingerprint density at radius 2 is 1.88 bits per heavy atom. The van der Waals surface area contributed by atoms with Crippen LogP contribution in [0.1, 0.15) is 12.5 Å². The number of halogens is 2. The third-order valence-corrected chi connectivity index (χ3v) is 6.44. The van der Waals surface area contributed by atoms with Gasteiger partial charge in [-0.2, -0.15) is 5.10 Å². The minimum absolute atomic E-state index is 0.0354. The van der Waals surface area contributed by atoms with Crippen molar-refractivity contribution >= 4 is 61.8 Å². The van der Waals surface area contributed by atoms with Gasteiger partial charge in [-0.25, -0.2) is 10.4 Å². The van der Waals surface area contributed by atoms with E-state index in [2.05, 4.69) is 31.4 Å². The fourth-order valence-corrected chi connectivity index (χ4v) is 4.44. The summed E-state index contributed by atoms with van der Waals surface area (Å²) in [5, 5.41) is 5.65. The summed E-state index contributed by atoms with van der Waals surface area (Å²) < 4.78 is 2.42. The first-order chi connectivity index (χ1) is 15.9. The predicted molar refractivity (Wildman–Crippen MR) is 138 cm³/mol. The molecule has 0 saturated heterocycles. The quantitative estimate of drug-likeness (QED) is 0.153. The fraction of sp³-hybridized carbons (Fsp3) is 0.0833. The van der Waals surface area contributed by atoms with E-state index in [1.807, 2.05) is 37.3 Å². The Morgan fingerprint density at radius 3 is 2.64 bits per heavy atom. The molecule has 33 heavy (non-hydrogen) atoms. The van der Waals surface area contributed by atoms with E-state index in [1.165, 1.54) is 4.57 Å². The van der Waals surface area contributed by atoms with Gasteiger partial charge in [-0.05, 0) is 61.0 Å². The topological polar surface area (TPSA) is 76.3 Å². The molecular weight excluding hydrogens is 524 g/mol. The Balaban J connectivity index is 1.58. The lowest BCUT2D eigenvalue weighted by atomic mass is 10.1. The molecule has 0 radical (unpaired) electrons. The SMILES string of the molecule is C/C(=N/NC(=O)CSc1nc2ccccc2c(=O)n1-c1ccc(Cl)cc1)c1cccc(Br)c1. The molecule has 4 aromatic rings. The van der Waals surface area contributed by atoms with Crippen molar-refractivity contribution in [2.24, 2.45) is 5.10 Å². The number of nitrogens with zero attached hydrogens (tertiary/aromatic N) is 3. The van der Waals surface area contributed by atoms with Crippen molar-refractivity contribution in [3.8, 4) is 5.69 Å². The molecule has 0 aliphatic heterocycles. The average Bonchev–Trinajstić information content (AvgIpc) is 2.82. The minimum atomic E-state index is -0.306. The lowest BCUT2D eigenvalue weighted by Gasteiger charge is -2.13. The van der Waals surface area contributed by atoms with Gasteiger partial charge >= 0.3 is 0 Å². The Morgan fingerprint density at radius 1 is 1.12 bits per heavy atom. The van der Waals surface area contributed by atoms with Crippen LogP contribution in [0.4, 0.5) is 0 Å². The Kier molecular flexibility index (Phi) is 7.27. The average molecular weight is 542 g/mol. The second-order valence-corrected chi connectivity index (χ2v) is 9.35. The Labute approximate surface area is 207 Å². The molecule has 4 rings (SSSR count). The summed E-state index contributed by atoms with van der Waals surface area (Å²) in [6.45, 7) is 1.82. The van der Waals surface area contributed by atoms with E-state index in [1.54, 1.807) is 42.5 Å². The van der Waals surface area contributed by atoms with E-state index in [0.717, 1.165) is 21.8 Å². The van der Waals surface area contributed by atoms with E-state index in [9.17, 15) is 9.59 Å². The molecular formula is C24H18BrClN4O2S. The molecule has 1 aromatic heterocycles. The molecule has 9 heteroatoms. The summed E-state index contributed by atoms with van der Waals surface area (Å²) in [6.07, 6.45) is 0. The third kappa shape index (κ3) is 5.52. The molecule has 0 saturated carbocycles. The van der Waals surface area contributed by atoms with Gasteiger partial charge in [-0.1, -0.05) is 63.6 Å². The van der Waals surface area contributed by atoms with Crippen LogP contribution >= 0.6 is 39.3 Å². The molecule has 6 nitrogen and oxygen atoms in total. The number of benzene rings is 3. The molecule has 0 bridgehead atoms. The second kappa shape index (κ2) is 10.3. The van der Waals surface area contributed by atoms with Crippen molar-refractivity contribution in [3.05, 3.63) is 98.2 Å². The second-order valence-electron chi connectivity index (χ2n) is 7.06. The lowest BCUT2D eigenvalue weighted by Crippen LogP contribution is -2.24. The first-order valence-electron chi connectivity index (χ1n) is 9.92. The maximum Gasteiger partial charge on any atom is 0.266 e. The number of hydrazone groups is 1. The lowest BCUT2D eigenvalue weighted by molar-refractivity contribution is -0.118. The number of carbonyl (C=O) groups excluding carboxylic acids is 1. The number of carbonyl (C=O) groups is 1. The van der Waals surface area contributed by atoms with Gasteiger partial charge in [-0.15, -0.1) is 0 Å². The van der Waals surface area contributed by atoms with Crippen LogP contribution in [-0.2, 0) is 4.79 Å². The van der Waals surface area contributed by atoms with Crippen LogP contribution in [-0.4, -0.2) is 26.9 Å². The van der Waals surface area contributed by atoms with E-state index >= 15 is 0 Å². The minimum Gasteiger partial charge on any atom is -0.272 e. The van der Waals surface area contributed by atoms with Crippen LogP contribution < -0.4 is 11.0 Å². The van der Waals surface area contributed by atoms with E-state index in [0.29, 0.717) is 32.5 Å². The van der Waals surface area contributed by atoms with E-state index in [-0.39, 0.29) is 17.2 Å². The Hall–Kier alpha value is -2.94. The summed E-state index contributed by atoms with van der Waals surface area (Å²) in [6, 6.07) is 21.7. The van der Waals surface area contributed by atoms with Crippen LogP contribution in [0.3, 0.4) is 0 Å². The molecule has 1 heterocycles. The monoisotopic (exact) mass is 540 g/mol. The van der Waals surface area contributed by atoms with Gasteiger partial charge in [0.25, 0.3) is 11.5 Å². The fourth-order valence-electron chi connectivity index (χ4n) is 3.11. The van der Waals surface area contributed by atoms with Gasteiger partial charge in [-0.3, -0.25) is 14.2 Å². The van der Waals surface area contributed by atoms with Crippen molar-refractivity contribution in [1.82, 2.24) is 15.0 Å². The number of para-hydroxylation sites is 1. The summed E-state index contributed by atoms with van der Waals surface area (Å²) in [5.74, 6) is -0.271. The molecule has 0 aliphatic carbocycles. The van der Waals surface area contributed by atoms with Crippen LogP contribution in [0.15, 0.2) is 92.3 Å². The van der Waals surface area contributed by atoms with Crippen molar-refractivity contribution in [2.75, 3.05) is 5.75 Å². The van der Waals surface area contributed by atoms with Gasteiger partial charge in [0.1, 0.15) is 0 Å². The standard InChI is InChI=1S/C24H18BrClN4O2S/c1-15(16-5-4-6-17(25)13-16)28-29-22(31)14-33-24-27-21-8-3-2-7-20(21)23(32)30(24)19-11-9-18(26)10-12-19/h2-13H,14H2,1H3,(H,29,31)/b28-15-. The van der Waals surface area contributed by atoms with Crippen LogP contribution in [0.5, 0.6) is 0 Å². The first kappa shape index (κ1) is 23.2. The normalized spacial score (nSPS) is 11.5. The molecule has 0 spiro atoms.